The fourth-order valence-corrected chi connectivity index (χ4v) is 5.23. The summed E-state index contributed by atoms with van der Waals surface area (Å²) in [6.07, 6.45) is 1.72. The van der Waals surface area contributed by atoms with Gasteiger partial charge in [-0.1, -0.05) is 23.7 Å². The Morgan fingerprint density at radius 1 is 1.16 bits per heavy atom. The zero-order valence-electron chi connectivity index (χ0n) is 19.8. The van der Waals surface area contributed by atoms with Gasteiger partial charge in [0.2, 0.25) is 5.95 Å². The van der Waals surface area contributed by atoms with E-state index in [-0.39, 0.29) is 12.6 Å². The summed E-state index contributed by atoms with van der Waals surface area (Å²) in [4.78, 5) is 22.7. The summed E-state index contributed by atoms with van der Waals surface area (Å²) in [5.41, 5.74) is 1.94. The molecule has 4 rings (SSSR count). The Bertz CT molecular complexity index is 1480. The average Bonchev–Trinajstić information content (AvgIpc) is 3.39. The van der Waals surface area contributed by atoms with Crippen LogP contribution in [0.4, 0.5) is 27.9 Å². The molecule has 0 aliphatic heterocycles. The highest BCUT2D eigenvalue weighted by Crippen LogP contribution is 2.31. The lowest BCUT2D eigenvalue weighted by Crippen LogP contribution is -2.34. The van der Waals surface area contributed by atoms with Crippen LogP contribution in [-0.4, -0.2) is 43.8 Å². The number of benzene rings is 2. The molecule has 2 heterocycles. The first-order valence-electron chi connectivity index (χ1n) is 11.1. The van der Waals surface area contributed by atoms with E-state index in [1.165, 1.54) is 0 Å². The number of hydrogen-bond donors (Lipinski definition) is 5. The molecule has 0 aliphatic rings. The topological polar surface area (TPSA) is 128 Å². The highest BCUT2D eigenvalue weighted by Gasteiger charge is 2.15. The van der Waals surface area contributed by atoms with Crippen LogP contribution >= 0.6 is 22.9 Å². The standard InChI is InChI=1S/C25H25ClN6O3S2/c1-16(15-33)28-23-21(22-7-4-12-36-22)14-27-24(31-23)29-18-8-10-20(11-9-18)37(2,35)32-25(34)30-19-6-3-5-17(26)13-19/h3-14,16,33H,2,15H2,1H3,(H2,27,28,29,31)(H2,30,32,34,35)/t16-,37?/m1/s1. The Morgan fingerprint density at radius 3 is 2.62 bits per heavy atom. The normalized spacial score (nSPS) is 13.3. The lowest BCUT2D eigenvalue weighted by atomic mass is 10.2. The molecule has 5 N–H and O–H groups in total. The number of urea groups is 1. The Kier molecular flexibility index (Phi) is 8.29. The number of rotatable bonds is 9. The predicted octanol–water partition coefficient (Wildman–Crippen LogP) is 5.21. The van der Waals surface area contributed by atoms with E-state index in [2.05, 4.69) is 36.5 Å². The molecule has 0 aliphatic carbocycles. The van der Waals surface area contributed by atoms with Crippen molar-refractivity contribution in [1.82, 2.24) is 14.7 Å². The second kappa shape index (κ2) is 11.6. The zero-order valence-corrected chi connectivity index (χ0v) is 22.2. The van der Waals surface area contributed by atoms with Crippen molar-refractivity contribution in [3.8, 4) is 10.4 Å². The lowest BCUT2D eigenvalue weighted by Gasteiger charge is -2.16. The molecular weight excluding hydrogens is 532 g/mol. The Balaban J connectivity index is 1.46. The highest BCUT2D eigenvalue weighted by molar-refractivity contribution is 7.99. The second-order valence-electron chi connectivity index (χ2n) is 8.05. The van der Waals surface area contributed by atoms with Crippen LogP contribution in [0.25, 0.3) is 10.4 Å². The fraction of sp³-hybridized carbons (Fsp3) is 0.120. The first-order chi connectivity index (χ1) is 17.7. The number of halogens is 1. The molecule has 2 atom stereocenters. The molecule has 4 aromatic rings. The summed E-state index contributed by atoms with van der Waals surface area (Å²) < 4.78 is 15.5. The van der Waals surface area contributed by atoms with E-state index >= 15 is 0 Å². The van der Waals surface area contributed by atoms with Gasteiger partial charge in [0.05, 0.1) is 21.9 Å². The number of carbonyl (C=O) groups is 1. The summed E-state index contributed by atoms with van der Waals surface area (Å²) in [5, 5.41) is 20.8. The van der Waals surface area contributed by atoms with Gasteiger partial charge in [-0.2, -0.15) is 4.98 Å². The number of thiophene rings is 1. The molecule has 192 valence electrons. The minimum Gasteiger partial charge on any atom is -0.394 e. The third-order valence-corrected chi connectivity index (χ3v) is 7.75. The number of amides is 2. The number of aliphatic hydroxyl groups excluding tert-OH is 1. The third kappa shape index (κ3) is 6.98. The number of anilines is 4. The van der Waals surface area contributed by atoms with Gasteiger partial charge < -0.3 is 21.1 Å². The molecule has 0 saturated carbocycles. The largest absolute Gasteiger partial charge is 0.394 e. The van der Waals surface area contributed by atoms with Gasteiger partial charge in [-0.05, 0) is 66.7 Å². The van der Waals surface area contributed by atoms with Crippen molar-refractivity contribution >= 4 is 67.7 Å². The lowest BCUT2D eigenvalue weighted by molar-refractivity contribution is 0.257. The van der Waals surface area contributed by atoms with Gasteiger partial charge in [0, 0.05) is 38.4 Å². The van der Waals surface area contributed by atoms with E-state index in [9.17, 15) is 14.1 Å². The molecule has 9 nitrogen and oxygen atoms in total. The molecule has 2 aromatic heterocycles. The van der Waals surface area contributed by atoms with Crippen molar-refractivity contribution in [1.29, 1.82) is 0 Å². The van der Waals surface area contributed by atoms with E-state index in [0.29, 0.717) is 33.1 Å². The molecule has 37 heavy (non-hydrogen) atoms. The number of hydrogen-bond acceptors (Lipinski definition) is 8. The molecule has 2 aromatic carbocycles. The van der Waals surface area contributed by atoms with E-state index in [1.54, 1.807) is 66.1 Å². The van der Waals surface area contributed by atoms with E-state index in [1.807, 2.05) is 24.4 Å². The maximum absolute atomic E-state index is 13.1. The van der Waals surface area contributed by atoms with Gasteiger partial charge in [0.1, 0.15) is 5.82 Å². The van der Waals surface area contributed by atoms with Crippen LogP contribution in [0.3, 0.4) is 0 Å². The van der Waals surface area contributed by atoms with Gasteiger partial charge in [-0.25, -0.2) is 14.0 Å². The minimum absolute atomic E-state index is 0.0480. The van der Waals surface area contributed by atoms with Crippen molar-refractivity contribution < 1.29 is 14.1 Å². The third-order valence-electron chi connectivity index (χ3n) is 5.06. The molecule has 0 spiro atoms. The van der Waals surface area contributed by atoms with Gasteiger partial charge in [-0.15, -0.1) is 11.3 Å². The maximum atomic E-state index is 13.1. The van der Waals surface area contributed by atoms with Crippen molar-refractivity contribution in [3.63, 3.8) is 0 Å². The van der Waals surface area contributed by atoms with Crippen LogP contribution in [0.1, 0.15) is 6.92 Å². The Labute approximate surface area is 224 Å². The van der Waals surface area contributed by atoms with Crippen molar-refractivity contribution in [2.24, 2.45) is 0 Å². The van der Waals surface area contributed by atoms with Gasteiger partial charge in [-0.3, -0.25) is 4.72 Å². The first kappa shape index (κ1) is 26.4. The Hall–Kier alpha value is -3.64. The van der Waals surface area contributed by atoms with Crippen LogP contribution in [0.5, 0.6) is 0 Å². The molecular formula is C25H25ClN6O3S2. The summed E-state index contributed by atoms with van der Waals surface area (Å²) in [6.45, 7) is 1.80. The Morgan fingerprint density at radius 2 is 1.95 bits per heavy atom. The van der Waals surface area contributed by atoms with Crippen LogP contribution in [0.15, 0.2) is 77.1 Å². The number of nitrogens with one attached hydrogen (secondary N) is 4. The van der Waals surface area contributed by atoms with Gasteiger partial charge >= 0.3 is 6.03 Å². The number of aromatic nitrogens is 2. The number of carbonyl (C=O) groups excluding carboxylic acids is 1. The predicted molar refractivity (Wildman–Crippen MR) is 152 cm³/mol. The molecule has 0 radical (unpaired) electrons. The summed E-state index contributed by atoms with van der Waals surface area (Å²) >= 11 is 7.50. The molecule has 0 bridgehead atoms. The zero-order chi connectivity index (χ0) is 26.4. The molecule has 12 heteroatoms. The minimum atomic E-state index is -3.12. The van der Waals surface area contributed by atoms with E-state index in [4.69, 9.17) is 11.6 Å². The van der Waals surface area contributed by atoms with Gasteiger partial charge in [0.15, 0.2) is 0 Å². The van der Waals surface area contributed by atoms with E-state index in [0.717, 1.165) is 10.4 Å². The number of nitrogens with zero attached hydrogens (tertiary/aromatic N) is 2. The molecule has 0 fully saturated rings. The van der Waals surface area contributed by atoms with Crippen LogP contribution in [0, 0.1) is 0 Å². The first-order valence-corrected chi connectivity index (χ1v) is 14.1. The average molecular weight is 557 g/mol. The highest BCUT2D eigenvalue weighted by atomic mass is 35.5. The quantitative estimate of drug-likeness (QED) is 0.179. The second-order valence-corrected chi connectivity index (χ2v) is 11.5. The van der Waals surface area contributed by atoms with Crippen molar-refractivity contribution in [2.45, 2.75) is 17.9 Å². The summed E-state index contributed by atoms with van der Waals surface area (Å²) in [7, 11) is -3.12. The van der Waals surface area contributed by atoms with Crippen molar-refractivity contribution in [2.75, 3.05) is 22.6 Å². The molecule has 0 saturated heterocycles. The SMILES string of the molecule is C=S(=O)(NC(=O)Nc1cccc(Cl)c1)c1ccc(Nc2ncc(-c3cccs3)c(N[C@H](C)CO)n2)cc1. The number of aliphatic hydroxyl groups is 1. The van der Waals surface area contributed by atoms with Gasteiger partial charge in [0.25, 0.3) is 0 Å². The smallest absolute Gasteiger partial charge is 0.330 e. The summed E-state index contributed by atoms with van der Waals surface area (Å²) in [6, 6.07) is 16.3. The van der Waals surface area contributed by atoms with Crippen molar-refractivity contribution in [3.05, 3.63) is 77.3 Å². The van der Waals surface area contributed by atoms with E-state index < -0.39 is 15.7 Å². The van der Waals surface area contributed by atoms with Crippen LogP contribution in [0.2, 0.25) is 5.02 Å². The summed E-state index contributed by atoms with van der Waals surface area (Å²) in [5.74, 6) is 4.63. The molecule has 1 unspecified atom stereocenters. The van der Waals surface area contributed by atoms with Crippen LogP contribution in [-0.2, 0) is 9.71 Å². The fourth-order valence-electron chi connectivity index (χ4n) is 3.26. The maximum Gasteiger partial charge on any atom is 0.330 e. The molecule has 2 amide bonds. The van der Waals surface area contributed by atoms with Crippen LogP contribution < -0.4 is 20.7 Å². The monoisotopic (exact) mass is 556 g/mol.